The normalized spacial score (nSPS) is 14.7. The van der Waals surface area contributed by atoms with Gasteiger partial charge in [0.05, 0.1) is 20.3 Å². The number of rotatable bonds is 8. The molecule has 128 valence electrons. The summed E-state index contributed by atoms with van der Waals surface area (Å²) < 4.78 is 47.9. The number of carbonyl (C=O) groups excluding carboxylic acids is 1. The Balaban J connectivity index is 2.44. The van der Waals surface area contributed by atoms with Crippen LogP contribution >= 0.6 is 0 Å². The highest BCUT2D eigenvalue weighted by Gasteiger charge is 2.45. The van der Waals surface area contributed by atoms with Crippen molar-refractivity contribution in [2.45, 2.75) is 25.3 Å². The molecule has 0 saturated carbocycles. The topological polar surface area (TPSA) is 55.8 Å². The van der Waals surface area contributed by atoms with E-state index in [4.69, 9.17) is 4.74 Å². The molecule has 2 atom stereocenters. The summed E-state index contributed by atoms with van der Waals surface area (Å²) in [7, 11) is 0.917. The molecule has 0 aliphatic heterocycles. The second kappa shape index (κ2) is 9.32. The molecule has 0 unspecified atom stereocenters. The van der Waals surface area contributed by atoms with E-state index in [-0.39, 0.29) is 13.0 Å². The summed E-state index contributed by atoms with van der Waals surface area (Å²) in [6, 6.07) is 9.35. The van der Waals surface area contributed by atoms with Gasteiger partial charge in [0.1, 0.15) is 5.92 Å². The molecule has 0 bridgehead atoms. The number of ether oxygens (including phenoxy) is 2. The van der Waals surface area contributed by atoms with Gasteiger partial charge < -0.3 is 14.6 Å². The molecule has 0 aliphatic carbocycles. The van der Waals surface area contributed by atoms with Gasteiger partial charge in [-0.1, -0.05) is 42.5 Å². The molecule has 0 radical (unpaired) electrons. The van der Waals surface area contributed by atoms with Crippen LogP contribution in [0.25, 0.3) is 0 Å². The largest absolute Gasteiger partial charge is 0.467 e. The van der Waals surface area contributed by atoms with Crippen LogP contribution in [0.4, 0.5) is 13.2 Å². The summed E-state index contributed by atoms with van der Waals surface area (Å²) in [5, 5.41) is 9.39. The van der Waals surface area contributed by atoms with Crippen LogP contribution in [-0.4, -0.2) is 37.1 Å². The number of aliphatic hydroxyl groups excluding tert-OH is 1. The van der Waals surface area contributed by atoms with Gasteiger partial charge in [-0.05, 0) is 12.0 Å². The molecule has 0 fully saturated rings. The molecule has 0 aromatic heterocycles. The molecule has 7 heteroatoms. The Labute approximate surface area is 132 Å². The average molecular weight is 332 g/mol. The number of halogens is 3. The van der Waals surface area contributed by atoms with E-state index in [0.29, 0.717) is 6.61 Å². The maximum absolute atomic E-state index is 12.8. The minimum atomic E-state index is -4.74. The first-order valence-electron chi connectivity index (χ1n) is 6.97. The monoisotopic (exact) mass is 332 g/mol. The standard InChI is InChI=1S/C16H19F3O4/c1-22-15(21)14(20)13(16(17,18)19)9-5-6-10-23-11-12-7-3-2-4-8-12/h2-5,7-9,13-14,20H,6,10-11H2,1H3/b9-5+/t13-,14+/m0/s1. The Morgan fingerprint density at radius 1 is 1.30 bits per heavy atom. The maximum Gasteiger partial charge on any atom is 0.398 e. The van der Waals surface area contributed by atoms with Crippen molar-refractivity contribution in [1.29, 1.82) is 0 Å². The molecule has 4 nitrogen and oxygen atoms in total. The molecule has 0 saturated heterocycles. The zero-order valence-corrected chi connectivity index (χ0v) is 12.6. The predicted molar refractivity (Wildman–Crippen MR) is 77.4 cm³/mol. The average Bonchev–Trinajstić information content (AvgIpc) is 2.52. The fourth-order valence-electron chi connectivity index (χ4n) is 1.82. The Hall–Kier alpha value is -1.86. The lowest BCUT2D eigenvalue weighted by Gasteiger charge is -2.20. The minimum Gasteiger partial charge on any atom is -0.467 e. The van der Waals surface area contributed by atoms with Crippen molar-refractivity contribution in [2.24, 2.45) is 5.92 Å². The lowest BCUT2D eigenvalue weighted by atomic mass is 10.0. The number of methoxy groups -OCH3 is 1. The summed E-state index contributed by atoms with van der Waals surface area (Å²) in [5.41, 5.74) is 0.964. The van der Waals surface area contributed by atoms with Crippen molar-refractivity contribution in [1.82, 2.24) is 0 Å². The van der Waals surface area contributed by atoms with E-state index in [9.17, 15) is 23.1 Å². The number of hydrogen-bond acceptors (Lipinski definition) is 4. The highest BCUT2D eigenvalue weighted by Crippen LogP contribution is 2.30. The first-order valence-corrected chi connectivity index (χ1v) is 6.97. The summed E-state index contributed by atoms with van der Waals surface area (Å²) in [4.78, 5) is 11.1. The molecule has 1 rings (SSSR count). The predicted octanol–water partition coefficient (Wildman–Crippen LogP) is 2.86. The fraction of sp³-hybridized carbons (Fsp3) is 0.438. The lowest BCUT2D eigenvalue weighted by molar-refractivity contribution is -0.196. The third kappa shape index (κ3) is 6.83. The Morgan fingerprint density at radius 3 is 2.52 bits per heavy atom. The molecule has 0 aliphatic rings. The van der Waals surface area contributed by atoms with Crippen LogP contribution in [0.3, 0.4) is 0 Å². The van der Waals surface area contributed by atoms with Crippen molar-refractivity contribution in [2.75, 3.05) is 13.7 Å². The van der Waals surface area contributed by atoms with Crippen LogP contribution in [0.15, 0.2) is 42.5 Å². The summed E-state index contributed by atoms with van der Waals surface area (Å²) in [5.74, 6) is -3.62. The van der Waals surface area contributed by atoms with Gasteiger partial charge in [0, 0.05) is 0 Å². The van der Waals surface area contributed by atoms with Crippen LogP contribution in [-0.2, 0) is 20.9 Å². The highest BCUT2D eigenvalue weighted by atomic mass is 19.4. The zero-order valence-electron chi connectivity index (χ0n) is 12.6. The van der Waals surface area contributed by atoms with E-state index < -0.39 is 24.2 Å². The molecule has 0 spiro atoms. The third-order valence-corrected chi connectivity index (χ3v) is 3.04. The van der Waals surface area contributed by atoms with E-state index in [2.05, 4.69) is 4.74 Å². The van der Waals surface area contributed by atoms with Crippen LogP contribution in [0.2, 0.25) is 0 Å². The lowest BCUT2D eigenvalue weighted by Crippen LogP contribution is -2.38. The Bertz CT molecular complexity index is 500. The first-order chi connectivity index (χ1) is 10.9. The molecule has 1 aromatic carbocycles. The number of aliphatic hydroxyl groups is 1. The van der Waals surface area contributed by atoms with Crippen LogP contribution < -0.4 is 0 Å². The number of hydrogen-bond donors (Lipinski definition) is 1. The van der Waals surface area contributed by atoms with E-state index in [1.165, 1.54) is 6.08 Å². The van der Waals surface area contributed by atoms with Crippen molar-refractivity contribution >= 4 is 5.97 Å². The van der Waals surface area contributed by atoms with E-state index >= 15 is 0 Å². The van der Waals surface area contributed by atoms with E-state index in [0.717, 1.165) is 18.7 Å². The maximum atomic E-state index is 12.8. The molecular weight excluding hydrogens is 313 g/mol. The van der Waals surface area contributed by atoms with Gasteiger partial charge in [-0.25, -0.2) is 4.79 Å². The smallest absolute Gasteiger partial charge is 0.398 e. The second-order valence-electron chi connectivity index (χ2n) is 4.79. The number of benzene rings is 1. The number of esters is 1. The Kier molecular flexibility index (Phi) is 7.77. The summed E-state index contributed by atoms with van der Waals surface area (Å²) >= 11 is 0. The second-order valence-corrected chi connectivity index (χ2v) is 4.79. The molecular formula is C16H19F3O4. The summed E-state index contributed by atoms with van der Waals surface area (Å²) in [6.45, 7) is 0.590. The van der Waals surface area contributed by atoms with Gasteiger partial charge in [-0.3, -0.25) is 0 Å². The molecule has 1 N–H and O–H groups in total. The Morgan fingerprint density at radius 2 is 1.96 bits per heavy atom. The molecule has 0 amide bonds. The molecule has 1 aromatic rings. The van der Waals surface area contributed by atoms with Crippen LogP contribution in [0, 0.1) is 5.92 Å². The first kappa shape index (κ1) is 19.2. The molecule has 23 heavy (non-hydrogen) atoms. The number of carbonyl (C=O) groups is 1. The zero-order chi connectivity index (χ0) is 17.3. The van der Waals surface area contributed by atoms with Gasteiger partial charge in [0.2, 0.25) is 0 Å². The van der Waals surface area contributed by atoms with E-state index in [1.54, 1.807) is 0 Å². The molecule has 0 heterocycles. The quantitative estimate of drug-likeness (QED) is 0.452. The number of alkyl halides is 3. The van der Waals surface area contributed by atoms with Crippen molar-refractivity contribution in [3.8, 4) is 0 Å². The van der Waals surface area contributed by atoms with Crippen molar-refractivity contribution in [3.05, 3.63) is 48.0 Å². The van der Waals surface area contributed by atoms with Gasteiger partial charge in [-0.15, -0.1) is 0 Å². The summed E-state index contributed by atoms with van der Waals surface area (Å²) in [6.07, 6.45) is -4.80. The highest BCUT2D eigenvalue weighted by molar-refractivity contribution is 5.75. The van der Waals surface area contributed by atoms with Crippen LogP contribution in [0.1, 0.15) is 12.0 Å². The minimum absolute atomic E-state index is 0.226. The fourth-order valence-corrected chi connectivity index (χ4v) is 1.82. The van der Waals surface area contributed by atoms with Crippen molar-refractivity contribution < 1.29 is 32.5 Å². The van der Waals surface area contributed by atoms with Crippen LogP contribution in [0.5, 0.6) is 0 Å². The SMILES string of the molecule is COC(=O)[C@H](O)[C@H](/C=C/CCOCc1ccccc1)C(F)(F)F. The van der Waals surface area contributed by atoms with Gasteiger partial charge >= 0.3 is 12.1 Å². The van der Waals surface area contributed by atoms with Gasteiger partial charge in [-0.2, -0.15) is 13.2 Å². The van der Waals surface area contributed by atoms with Gasteiger partial charge in [0.15, 0.2) is 6.10 Å². The van der Waals surface area contributed by atoms with E-state index in [1.807, 2.05) is 30.3 Å². The third-order valence-electron chi connectivity index (χ3n) is 3.04. The van der Waals surface area contributed by atoms with Gasteiger partial charge in [0.25, 0.3) is 0 Å². The van der Waals surface area contributed by atoms with Crippen molar-refractivity contribution in [3.63, 3.8) is 0 Å².